The van der Waals surface area contributed by atoms with Crippen molar-refractivity contribution in [2.24, 2.45) is 0 Å². The van der Waals surface area contributed by atoms with Crippen LogP contribution >= 0.6 is 0 Å². The number of rotatable bonds is 4. The maximum atomic E-state index is 8.98. The fourth-order valence-electron chi connectivity index (χ4n) is 2.76. The van der Waals surface area contributed by atoms with Gasteiger partial charge in [-0.05, 0) is 12.1 Å². The second kappa shape index (κ2) is 6.46. The lowest BCUT2D eigenvalue weighted by molar-refractivity contribution is 0.189. The van der Waals surface area contributed by atoms with Crippen molar-refractivity contribution in [3.63, 3.8) is 0 Å². The highest BCUT2D eigenvalue weighted by atomic mass is 16.6. The van der Waals surface area contributed by atoms with Crippen molar-refractivity contribution in [3.05, 3.63) is 48.9 Å². The average Bonchev–Trinajstić information content (AvgIpc) is 2.88. The van der Waals surface area contributed by atoms with E-state index < -0.39 is 7.12 Å². The number of nitrogens with zero attached hydrogens (tertiary/aromatic N) is 2. The Morgan fingerprint density at radius 2 is 1.59 bits per heavy atom. The number of aliphatic hydroxyl groups excluding tert-OH is 1. The van der Waals surface area contributed by atoms with Gasteiger partial charge in [-0.25, -0.2) is 0 Å². The molecule has 0 aliphatic carbocycles. The van der Waals surface area contributed by atoms with Gasteiger partial charge in [0.1, 0.15) is 11.5 Å². The molecule has 0 saturated carbocycles. The molecular weight excluding hydrogens is 279 g/mol. The minimum atomic E-state index is -0.435. The number of aliphatic hydroxyl groups is 1. The number of hydrogen-bond donors (Lipinski definition) is 1. The third kappa shape index (κ3) is 3.13. The SMILES string of the molecule is C=C1OB(c2ccc(N3CCN(CCO)CC3)cc2)OC1=C. The van der Waals surface area contributed by atoms with Gasteiger partial charge >= 0.3 is 7.12 Å². The summed E-state index contributed by atoms with van der Waals surface area (Å²) in [4.78, 5) is 4.63. The summed E-state index contributed by atoms with van der Waals surface area (Å²) in [6, 6.07) is 8.22. The van der Waals surface area contributed by atoms with E-state index in [1.54, 1.807) is 0 Å². The molecule has 0 unspecified atom stereocenters. The predicted octanol–water partition coefficient (Wildman–Crippen LogP) is 0.570. The third-order valence-electron chi connectivity index (χ3n) is 4.13. The van der Waals surface area contributed by atoms with E-state index in [0.29, 0.717) is 11.5 Å². The number of piperazine rings is 1. The van der Waals surface area contributed by atoms with Crippen LogP contribution in [0.15, 0.2) is 48.9 Å². The first-order chi connectivity index (χ1) is 10.7. The minimum absolute atomic E-state index is 0.229. The number of hydrogen-bond acceptors (Lipinski definition) is 5. The van der Waals surface area contributed by atoms with E-state index in [1.807, 2.05) is 12.1 Å². The van der Waals surface area contributed by atoms with Crippen LogP contribution in [0.2, 0.25) is 0 Å². The molecule has 0 atom stereocenters. The van der Waals surface area contributed by atoms with Gasteiger partial charge in [0.2, 0.25) is 0 Å². The van der Waals surface area contributed by atoms with Crippen molar-refractivity contribution in [1.29, 1.82) is 0 Å². The van der Waals surface area contributed by atoms with Gasteiger partial charge in [-0.3, -0.25) is 4.90 Å². The van der Waals surface area contributed by atoms with Gasteiger partial charge in [-0.15, -0.1) is 0 Å². The van der Waals surface area contributed by atoms with Gasteiger partial charge in [0.05, 0.1) is 6.61 Å². The van der Waals surface area contributed by atoms with Gasteiger partial charge in [-0.2, -0.15) is 0 Å². The fourth-order valence-corrected chi connectivity index (χ4v) is 2.76. The van der Waals surface area contributed by atoms with Crippen LogP contribution in [0.3, 0.4) is 0 Å². The van der Waals surface area contributed by atoms with Crippen LogP contribution in [-0.4, -0.2) is 56.5 Å². The van der Waals surface area contributed by atoms with Crippen LogP contribution < -0.4 is 10.4 Å². The van der Waals surface area contributed by atoms with Gasteiger partial charge in [0.25, 0.3) is 0 Å². The summed E-state index contributed by atoms with van der Waals surface area (Å²) in [7, 11) is -0.435. The zero-order valence-corrected chi connectivity index (χ0v) is 12.7. The van der Waals surface area contributed by atoms with E-state index >= 15 is 0 Å². The summed E-state index contributed by atoms with van der Waals surface area (Å²) in [5.41, 5.74) is 2.16. The molecular formula is C16H21BN2O3. The van der Waals surface area contributed by atoms with E-state index in [0.717, 1.165) is 38.2 Å². The second-order valence-electron chi connectivity index (χ2n) is 5.56. The summed E-state index contributed by atoms with van der Waals surface area (Å²) in [5.74, 6) is 0.989. The van der Waals surface area contributed by atoms with E-state index in [9.17, 15) is 0 Å². The maximum Gasteiger partial charge on any atom is 0.632 e. The van der Waals surface area contributed by atoms with Crippen molar-refractivity contribution in [3.8, 4) is 0 Å². The van der Waals surface area contributed by atoms with Crippen LogP contribution in [0.25, 0.3) is 0 Å². The highest BCUT2D eigenvalue weighted by molar-refractivity contribution is 6.62. The summed E-state index contributed by atoms with van der Waals surface area (Å²) in [6.07, 6.45) is 0. The Labute approximate surface area is 131 Å². The average molecular weight is 300 g/mol. The molecule has 2 saturated heterocycles. The highest BCUT2D eigenvalue weighted by Gasteiger charge is 2.34. The third-order valence-corrected chi connectivity index (χ3v) is 4.13. The molecule has 0 bridgehead atoms. The summed E-state index contributed by atoms with van der Waals surface area (Å²) >= 11 is 0. The number of benzene rings is 1. The lowest BCUT2D eigenvalue weighted by Gasteiger charge is -2.35. The topological polar surface area (TPSA) is 45.2 Å². The minimum Gasteiger partial charge on any atom is -0.520 e. The molecule has 0 radical (unpaired) electrons. The highest BCUT2D eigenvalue weighted by Crippen LogP contribution is 2.21. The molecule has 2 fully saturated rings. The fraction of sp³-hybridized carbons (Fsp3) is 0.375. The number of β-amino-alcohol motifs (C(OH)–C–C–N with tert-alkyl or cyclic N) is 1. The van der Waals surface area contributed by atoms with Gasteiger partial charge < -0.3 is 19.3 Å². The van der Waals surface area contributed by atoms with Crippen molar-refractivity contribution >= 4 is 18.3 Å². The molecule has 6 heteroatoms. The Morgan fingerprint density at radius 3 is 2.14 bits per heavy atom. The molecule has 22 heavy (non-hydrogen) atoms. The first-order valence-electron chi connectivity index (χ1n) is 7.57. The van der Waals surface area contributed by atoms with Crippen LogP contribution in [0.4, 0.5) is 5.69 Å². The van der Waals surface area contributed by atoms with Crippen LogP contribution in [-0.2, 0) is 9.31 Å². The molecule has 2 aliphatic heterocycles. The lowest BCUT2D eigenvalue weighted by atomic mass is 9.79. The zero-order chi connectivity index (χ0) is 15.5. The Morgan fingerprint density at radius 1 is 1.00 bits per heavy atom. The first-order valence-corrected chi connectivity index (χ1v) is 7.57. The van der Waals surface area contributed by atoms with Crippen LogP contribution in [0.1, 0.15) is 0 Å². The predicted molar refractivity (Wildman–Crippen MR) is 88.0 cm³/mol. The Bertz CT molecular complexity index is 537. The van der Waals surface area contributed by atoms with E-state index in [-0.39, 0.29) is 6.61 Å². The molecule has 116 valence electrons. The van der Waals surface area contributed by atoms with Crippen molar-refractivity contribution < 1.29 is 14.4 Å². The number of anilines is 1. The Kier molecular flexibility index (Phi) is 4.40. The van der Waals surface area contributed by atoms with Gasteiger partial charge in [-0.1, -0.05) is 25.3 Å². The van der Waals surface area contributed by atoms with Crippen LogP contribution in [0, 0.1) is 0 Å². The summed E-state index contributed by atoms with van der Waals surface area (Å²) < 4.78 is 11.1. The molecule has 2 heterocycles. The van der Waals surface area contributed by atoms with Crippen molar-refractivity contribution in [1.82, 2.24) is 4.90 Å². The standard InChI is InChI=1S/C16H21BN2O3/c1-13-14(2)22-17(21-13)15-3-5-16(6-4-15)19-9-7-18(8-10-19)11-12-20/h3-6,20H,1-2,7-12H2. The molecule has 0 amide bonds. The molecule has 5 nitrogen and oxygen atoms in total. The smallest absolute Gasteiger partial charge is 0.520 e. The first kappa shape index (κ1) is 15.0. The van der Waals surface area contributed by atoms with E-state index in [1.165, 1.54) is 5.69 Å². The summed E-state index contributed by atoms with van der Waals surface area (Å²) in [6.45, 7) is 12.4. The zero-order valence-electron chi connectivity index (χ0n) is 12.7. The van der Waals surface area contributed by atoms with Gasteiger partial charge in [0, 0.05) is 43.9 Å². The summed E-state index contributed by atoms with van der Waals surface area (Å²) in [5, 5.41) is 8.98. The molecule has 2 aliphatic rings. The van der Waals surface area contributed by atoms with E-state index in [4.69, 9.17) is 14.4 Å². The normalized spacial score (nSPS) is 19.3. The van der Waals surface area contributed by atoms with Crippen LogP contribution in [0.5, 0.6) is 0 Å². The maximum absolute atomic E-state index is 8.98. The molecule has 1 N–H and O–H groups in total. The molecule has 1 aromatic carbocycles. The molecule has 0 spiro atoms. The van der Waals surface area contributed by atoms with E-state index in [2.05, 4.69) is 35.1 Å². The Hall–Kier alpha value is -1.92. The van der Waals surface area contributed by atoms with Crippen molar-refractivity contribution in [2.75, 3.05) is 44.2 Å². The van der Waals surface area contributed by atoms with Crippen molar-refractivity contribution in [2.45, 2.75) is 0 Å². The molecule has 0 aromatic heterocycles. The lowest BCUT2D eigenvalue weighted by Crippen LogP contribution is -2.47. The van der Waals surface area contributed by atoms with Gasteiger partial charge in [0.15, 0.2) is 0 Å². The second-order valence-corrected chi connectivity index (χ2v) is 5.56. The monoisotopic (exact) mass is 300 g/mol. The Balaban J connectivity index is 1.60. The largest absolute Gasteiger partial charge is 0.632 e. The quantitative estimate of drug-likeness (QED) is 0.824. The molecule has 3 rings (SSSR count). The molecule has 1 aromatic rings.